The molecule has 2 heterocycles. The van der Waals surface area contributed by atoms with Crippen LogP contribution in [0.4, 0.5) is 0 Å². The van der Waals surface area contributed by atoms with Gasteiger partial charge >= 0.3 is 0 Å². The van der Waals surface area contributed by atoms with Crippen LogP contribution in [-0.2, 0) is 11.3 Å². The summed E-state index contributed by atoms with van der Waals surface area (Å²) in [4.78, 5) is 21.8. The number of benzene rings is 1. The highest BCUT2D eigenvalue weighted by molar-refractivity contribution is 5.92. The van der Waals surface area contributed by atoms with E-state index in [1.807, 2.05) is 36.1 Å². The molecule has 0 saturated carbocycles. The summed E-state index contributed by atoms with van der Waals surface area (Å²) < 4.78 is 10.7. The van der Waals surface area contributed by atoms with Crippen molar-refractivity contribution in [3.63, 3.8) is 0 Å². The number of rotatable bonds is 9. The molecular formula is C24H33N3O3. The van der Waals surface area contributed by atoms with Crippen LogP contribution in [0, 0.1) is 12.8 Å². The first kappa shape index (κ1) is 22.2. The number of carbonyl (C=O) groups excluding carboxylic acids is 1. The summed E-state index contributed by atoms with van der Waals surface area (Å²) in [6.07, 6.45) is 2.15. The molecule has 0 spiro atoms. The summed E-state index contributed by atoms with van der Waals surface area (Å²) in [5.41, 5.74) is 2.60. The van der Waals surface area contributed by atoms with E-state index in [-0.39, 0.29) is 5.91 Å². The number of carbonyl (C=O) groups is 1. The number of ether oxygens (including phenoxy) is 2. The van der Waals surface area contributed by atoms with Crippen LogP contribution in [0.2, 0.25) is 0 Å². The molecule has 0 aliphatic carbocycles. The largest absolute Gasteiger partial charge is 0.496 e. The Morgan fingerprint density at radius 1 is 1.13 bits per heavy atom. The van der Waals surface area contributed by atoms with Gasteiger partial charge < -0.3 is 14.4 Å². The summed E-state index contributed by atoms with van der Waals surface area (Å²) in [7, 11) is 3.39. The molecule has 1 aliphatic rings. The van der Waals surface area contributed by atoms with Crippen molar-refractivity contribution in [3.05, 3.63) is 59.4 Å². The highest BCUT2D eigenvalue weighted by Crippen LogP contribution is 2.24. The van der Waals surface area contributed by atoms with E-state index in [0.29, 0.717) is 24.8 Å². The first-order valence-corrected chi connectivity index (χ1v) is 10.7. The second-order valence-corrected chi connectivity index (χ2v) is 7.94. The van der Waals surface area contributed by atoms with Crippen LogP contribution in [0.25, 0.3) is 0 Å². The molecular weight excluding hydrogens is 378 g/mol. The van der Waals surface area contributed by atoms with E-state index in [4.69, 9.17) is 9.47 Å². The number of para-hydroxylation sites is 1. The Morgan fingerprint density at radius 3 is 2.60 bits per heavy atom. The number of hydrogen-bond donors (Lipinski definition) is 0. The summed E-state index contributed by atoms with van der Waals surface area (Å²) in [6, 6.07) is 13.8. The average molecular weight is 412 g/mol. The van der Waals surface area contributed by atoms with E-state index in [0.717, 1.165) is 50.5 Å². The van der Waals surface area contributed by atoms with E-state index in [1.165, 1.54) is 5.56 Å². The molecule has 1 amide bonds. The Labute approximate surface area is 179 Å². The predicted molar refractivity (Wildman–Crippen MR) is 118 cm³/mol. The average Bonchev–Trinajstić information content (AvgIpc) is 2.77. The van der Waals surface area contributed by atoms with Gasteiger partial charge in [-0.05, 0) is 57.0 Å². The van der Waals surface area contributed by atoms with Crippen molar-refractivity contribution in [3.8, 4) is 5.75 Å². The van der Waals surface area contributed by atoms with Gasteiger partial charge in [0.1, 0.15) is 11.4 Å². The number of amides is 1. The fourth-order valence-corrected chi connectivity index (χ4v) is 4.01. The molecule has 1 aliphatic heterocycles. The van der Waals surface area contributed by atoms with Crippen LogP contribution in [-0.4, -0.2) is 67.7 Å². The van der Waals surface area contributed by atoms with Crippen molar-refractivity contribution in [2.24, 2.45) is 5.92 Å². The summed E-state index contributed by atoms with van der Waals surface area (Å²) in [6.45, 7) is 6.73. The van der Waals surface area contributed by atoms with Crippen molar-refractivity contribution in [2.75, 3.05) is 47.0 Å². The van der Waals surface area contributed by atoms with Gasteiger partial charge in [0.05, 0.1) is 13.7 Å². The van der Waals surface area contributed by atoms with Crippen LogP contribution in [0.5, 0.6) is 5.75 Å². The van der Waals surface area contributed by atoms with Gasteiger partial charge in [-0.1, -0.05) is 24.3 Å². The Bertz CT molecular complexity index is 819. The molecule has 6 heteroatoms. The fraction of sp³-hybridized carbons (Fsp3) is 0.500. The number of pyridine rings is 1. The van der Waals surface area contributed by atoms with Gasteiger partial charge in [0.25, 0.3) is 5.91 Å². The second kappa shape index (κ2) is 11.1. The molecule has 0 bridgehead atoms. The quantitative estimate of drug-likeness (QED) is 0.633. The zero-order chi connectivity index (χ0) is 21.3. The standard InChI is InChI=1S/C24H33N3O3/c1-19-7-6-9-22(25-19)24(28)27(15-16-29-2)17-20-11-13-26(14-12-20)18-21-8-4-5-10-23(21)30-3/h4-10,20H,11-18H2,1-3H3. The maximum Gasteiger partial charge on any atom is 0.272 e. The predicted octanol–water partition coefficient (Wildman–Crippen LogP) is 3.40. The van der Waals surface area contributed by atoms with E-state index >= 15 is 0 Å². The van der Waals surface area contributed by atoms with Crippen molar-refractivity contribution in [1.29, 1.82) is 0 Å². The van der Waals surface area contributed by atoms with Crippen molar-refractivity contribution >= 4 is 5.91 Å². The number of likely N-dealkylation sites (tertiary alicyclic amines) is 1. The Balaban J connectivity index is 1.57. The van der Waals surface area contributed by atoms with Gasteiger partial charge in [-0.25, -0.2) is 4.98 Å². The molecule has 1 aromatic heterocycles. The van der Waals surface area contributed by atoms with E-state index in [9.17, 15) is 4.79 Å². The molecule has 2 aromatic rings. The minimum absolute atomic E-state index is 0.00722. The second-order valence-electron chi connectivity index (χ2n) is 7.94. The minimum atomic E-state index is -0.00722. The lowest BCUT2D eigenvalue weighted by atomic mass is 9.95. The van der Waals surface area contributed by atoms with Gasteiger partial charge in [-0.15, -0.1) is 0 Å². The molecule has 1 fully saturated rings. The maximum absolute atomic E-state index is 13.0. The third-order valence-corrected chi connectivity index (χ3v) is 5.73. The zero-order valence-corrected chi connectivity index (χ0v) is 18.3. The number of piperidine rings is 1. The molecule has 0 radical (unpaired) electrons. The maximum atomic E-state index is 13.0. The molecule has 0 unspecified atom stereocenters. The lowest BCUT2D eigenvalue weighted by Gasteiger charge is -2.35. The number of nitrogens with zero attached hydrogens (tertiary/aromatic N) is 3. The van der Waals surface area contributed by atoms with Crippen molar-refractivity contribution < 1.29 is 14.3 Å². The lowest BCUT2D eigenvalue weighted by molar-refractivity contribution is 0.0611. The molecule has 6 nitrogen and oxygen atoms in total. The van der Waals surface area contributed by atoms with E-state index in [2.05, 4.69) is 22.0 Å². The lowest BCUT2D eigenvalue weighted by Crippen LogP contribution is -2.42. The highest BCUT2D eigenvalue weighted by Gasteiger charge is 2.25. The molecule has 1 saturated heterocycles. The van der Waals surface area contributed by atoms with Gasteiger partial charge in [-0.2, -0.15) is 0 Å². The number of aromatic nitrogens is 1. The van der Waals surface area contributed by atoms with E-state index in [1.54, 1.807) is 20.3 Å². The third-order valence-electron chi connectivity index (χ3n) is 5.73. The van der Waals surface area contributed by atoms with Crippen LogP contribution in [0.1, 0.15) is 34.6 Å². The van der Waals surface area contributed by atoms with Gasteiger partial charge in [0.15, 0.2) is 0 Å². The van der Waals surface area contributed by atoms with Crippen molar-refractivity contribution in [1.82, 2.24) is 14.8 Å². The summed E-state index contributed by atoms with van der Waals surface area (Å²) in [5.74, 6) is 1.43. The summed E-state index contributed by atoms with van der Waals surface area (Å²) in [5, 5.41) is 0. The monoisotopic (exact) mass is 411 g/mol. The topological polar surface area (TPSA) is 54.9 Å². The number of hydrogen-bond acceptors (Lipinski definition) is 5. The highest BCUT2D eigenvalue weighted by atomic mass is 16.5. The van der Waals surface area contributed by atoms with Gasteiger partial charge in [0, 0.05) is 38.0 Å². The van der Waals surface area contributed by atoms with Crippen molar-refractivity contribution in [2.45, 2.75) is 26.3 Å². The first-order chi connectivity index (χ1) is 14.6. The molecule has 0 atom stereocenters. The number of methoxy groups -OCH3 is 2. The van der Waals surface area contributed by atoms with Crippen LogP contribution in [0.15, 0.2) is 42.5 Å². The fourth-order valence-electron chi connectivity index (χ4n) is 4.01. The molecule has 0 N–H and O–H groups in total. The van der Waals surface area contributed by atoms with Crippen LogP contribution in [0.3, 0.4) is 0 Å². The van der Waals surface area contributed by atoms with Crippen LogP contribution >= 0.6 is 0 Å². The molecule has 30 heavy (non-hydrogen) atoms. The van der Waals surface area contributed by atoms with Gasteiger partial charge in [-0.3, -0.25) is 9.69 Å². The Kier molecular flexibility index (Phi) is 8.22. The van der Waals surface area contributed by atoms with E-state index < -0.39 is 0 Å². The third kappa shape index (κ3) is 6.03. The zero-order valence-electron chi connectivity index (χ0n) is 18.3. The summed E-state index contributed by atoms with van der Waals surface area (Å²) >= 11 is 0. The van der Waals surface area contributed by atoms with Crippen LogP contribution < -0.4 is 4.74 Å². The first-order valence-electron chi connectivity index (χ1n) is 10.7. The molecule has 162 valence electrons. The normalized spacial score (nSPS) is 15.2. The minimum Gasteiger partial charge on any atom is -0.496 e. The molecule has 3 rings (SSSR count). The Hall–Kier alpha value is -2.44. The number of aryl methyl sites for hydroxylation is 1. The molecule has 1 aromatic carbocycles. The van der Waals surface area contributed by atoms with Gasteiger partial charge in [0.2, 0.25) is 0 Å². The SMILES string of the molecule is COCCN(CC1CCN(Cc2ccccc2OC)CC1)C(=O)c1cccc(C)n1. The smallest absolute Gasteiger partial charge is 0.272 e. The Morgan fingerprint density at radius 2 is 1.90 bits per heavy atom.